The van der Waals surface area contributed by atoms with Gasteiger partial charge < -0.3 is 10.2 Å². The fraction of sp³-hybridized carbons (Fsp3) is 0.538. The molecule has 0 fully saturated rings. The van der Waals surface area contributed by atoms with Gasteiger partial charge in [-0.25, -0.2) is 0 Å². The Kier molecular flexibility index (Phi) is 7.93. The molecule has 0 bridgehead atoms. The minimum atomic E-state index is -0.162. The van der Waals surface area contributed by atoms with E-state index in [0.717, 1.165) is 29.5 Å². The average Bonchev–Trinajstić information content (AvgIpc) is 2.64. The first-order valence-corrected chi connectivity index (χ1v) is 11.8. The summed E-state index contributed by atoms with van der Waals surface area (Å²) in [6, 6.07) is 10.7. The Morgan fingerprint density at radius 3 is 2.24 bits per heavy atom. The van der Waals surface area contributed by atoms with E-state index in [1.165, 1.54) is 29.3 Å². The SMILES string of the molecule is CCCCCC(C)(Pc1ccc(C)cc1CO)c1cc(C(C)(C)C)cc(C)c1O. The Balaban J connectivity index is 2.59. The molecule has 2 unspecified atom stereocenters. The molecule has 0 amide bonds. The second-order valence-corrected chi connectivity index (χ2v) is 11.6. The van der Waals surface area contributed by atoms with E-state index in [1.54, 1.807) is 0 Å². The molecule has 160 valence electrons. The van der Waals surface area contributed by atoms with E-state index in [9.17, 15) is 10.2 Å². The van der Waals surface area contributed by atoms with Crippen molar-refractivity contribution >= 4 is 13.9 Å². The van der Waals surface area contributed by atoms with Gasteiger partial charge in [-0.05, 0) is 47.7 Å². The molecule has 2 atom stereocenters. The van der Waals surface area contributed by atoms with Crippen molar-refractivity contribution in [3.05, 3.63) is 58.1 Å². The van der Waals surface area contributed by atoms with Crippen LogP contribution in [0.1, 0.15) is 88.1 Å². The van der Waals surface area contributed by atoms with Gasteiger partial charge in [0.2, 0.25) is 0 Å². The van der Waals surface area contributed by atoms with Gasteiger partial charge in [0.15, 0.2) is 0 Å². The zero-order chi connectivity index (χ0) is 21.8. The molecule has 0 aliphatic carbocycles. The van der Waals surface area contributed by atoms with E-state index >= 15 is 0 Å². The van der Waals surface area contributed by atoms with Crippen molar-refractivity contribution in [2.75, 3.05) is 0 Å². The molecule has 0 spiro atoms. The minimum Gasteiger partial charge on any atom is -0.507 e. The number of phenolic OH excluding ortho intramolecular Hbond substituents is 1. The van der Waals surface area contributed by atoms with Gasteiger partial charge in [0.05, 0.1) is 6.61 Å². The molecule has 0 saturated carbocycles. The number of phenols is 1. The summed E-state index contributed by atoms with van der Waals surface area (Å²) in [6.45, 7) is 15.3. The van der Waals surface area contributed by atoms with Crippen LogP contribution in [0.15, 0.2) is 30.3 Å². The molecule has 2 N–H and O–H groups in total. The van der Waals surface area contributed by atoms with Crippen LogP contribution >= 0.6 is 8.58 Å². The van der Waals surface area contributed by atoms with Gasteiger partial charge in [-0.3, -0.25) is 0 Å². The van der Waals surface area contributed by atoms with Gasteiger partial charge >= 0.3 is 0 Å². The lowest BCUT2D eigenvalue weighted by Crippen LogP contribution is -2.23. The summed E-state index contributed by atoms with van der Waals surface area (Å²) in [5.41, 5.74) is 5.48. The van der Waals surface area contributed by atoms with Gasteiger partial charge in [-0.1, -0.05) is 98.4 Å². The van der Waals surface area contributed by atoms with Gasteiger partial charge in [-0.15, -0.1) is 0 Å². The van der Waals surface area contributed by atoms with Crippen LogP contribution in [0.2, 0.25) is 0 Å². The Morgan fingerprint density at radius 2 is 1.66 bits per heavy atom. The highest BCUT2D eigenvalue weighted by Crippen LogP contribution is 2.50. The summed E-state index contributed by atoms with van der Waals surface area (Å²) in [5, 5.41) is 22.1. The first kappa shape index (κ1) is 23.9. The molecule has 2 aromatic carbocycles. The quantitative estimate of drug-likeness (QED) is 0.377. The first-order valence-electron chi connectivity index (χ1n) is 10.8. The van der Waals surface area contributed by atoms with Crippen molar-refractivity contribution in [2.24, 2.45) is 0 Å². The maximum Gasteiger partial charge on any atom is 0.122 e. The lowest BCUT2D eigenvalue weighted by atomic mass is 9.82. The van der Waals surface area contributed by atoms with Crippen molar-refractivity contribution in [1.29, 1.82) is 0 Å². The van der Waals surface area contributed by atoms with E-state index in [1.807, 2.05) is 6.92 Å². The summed E-state index contributed by atoms with van der Waals surface area (Å²) in [7, 11) is 0.492. The molecule has 0 aliphatic rings. The maximum absolute atomic E-state index is 11.1. The standard InChI is InChI=1S/C26H39O2P/c1-8-9-10-13-26(7,29-23-12-11-18(2)14-20(23)17-27)22-16-21(25(4,5)6)15-19(3)24(22)28/h11-12,14-16,27-29H,8-10,13,17H2,1-7H3. The fourth-order valence-corrected chi connectivity index (χ4v) is 5.60. The number of aliphatic hydroxyl groups is 1. The van der Waals surface area contributed by atoms with Crippen molar-refractivity contribution < 1.29 is 10.2 Å². The summed E-state index contributed by atoms with van der Waals surface area (Å²) in [6.07, 6.45) is 4.54. The molecule has 2 rings (SSSR count). The number of benzene rings is 2. The zero-order valence-corrected chi connectivity index (χ0v) is 20.3. The van der Waals surface area contributed by atoms with E-state index < -0.39 is 0 Å². The second kappa shape index (κ2) is 9.63. The molecule has 0 saturated heterocycles. The third-order valence-electron chi connectivity index (χ3n) is 5.88. The fourth-order valence-electron chi connectivity index (χ4n) is 3.90. The van der Waals surface area contributed by atoms with Crippen LogP contribution in [0.25, 0.3) is 0 Å². The van der Waals surface area contributed by atoms with Crippen LogP contribution < -0.4 is 5.30 Å². The number of aliphatic hydroxyl groups excluding tert-OH is 1. The molecule has 2 aromatic rings. The van der Waals surface area contributed by atoms with Crippen LogP contribution in [0.3, 0.4) is 0 Å². The van der Waals surface area contributed by atoms with Crippen molar-refractivity contribution in [2.45, 2.75) is 91.3 Å². The van der Waals surface area contributed by atoms with Crippen LogP contribution in [0.5, 0.6) is 5.75 Å². The Labute approximate surface area is 179 Å². The Morgan fingerprint density at radius 1 is 0.966 bits per heavy atom. The highest BCUT2D eigenvalue weighted by atomic mass is 31.1. The normalized spacial score (nSPS) is 14.5. The largest absolute Gasteiger partial charge is 0.507 e. The molecule has 0 heterocycles. The summed E-state index contributed by atoms with van der Waals surface area (Å²) in [5.74, 6) is 0.433. The van der Waals surface area contributed by atoms with Crippen LogP contribution in [0.4, 0.5) is 0 Å². The first-order chi connectivity index (χ1) is 13.5. The van der Waals surface area contributed by atoms with Crippen molar-refractivity contribution in [3.8, 4) is 5.75 Å². The van der Waals surface area contributed by atoms with Gasteiger partial charge in [0.1, 0.15) is 5.75 Å². The molecule has 0 radical (unpaired) electrons. The highest BCUT2D eigenvalue weighted by molar-refractivity contribution is 7.48. The van der Waals surface area contributed by atoms with Gasteiger partial charge in [0.25, 0.3) is 0 Å². The molecule has 2 nitrogen and oxygen atoms in total. The number of hydrogen-bond acceptors (Lipinski definition) is 2. The molecule has 3 heteroatoms. The van der Waals surface area contributed by atoms with E-state index in [4.69, 9.17) is 0 Å². The molecular weight excluding hydrogens is 375 g/mol. The smallest absolute Gasteiger partial charge is 0.122 e. The van der Waals surface area contributed by atoms with E-state index in [2.05, 4.69) is 71.9 Å². The zero-order valence-electron chi connectivity index (χ0n) is 19.3. The lowest BCUT2D eigenvalue weighted by molar-refractivity contribution is 0.283. The average molecular weight is 415 g/mol. The number of aromatic hydroxyl groups is 1. The second-order valence-electron chi connectivity index (χ2n) is 9.67. The molecule has 0 aliphatic heterocycles. The number of rotatable bonds is 8. The van der Waals surface area contributed by atoms with E-state index in [-0.39, 0.29) is 17.2 Å². The summed E-state index contributed by atoms with van der Waals surface area (Å²) < 4.78 is 0. The summed E-state index contributed by atoms with van der Waals surface area (Å²) in [4.78, 5) is 0. The third-order valence-corrected chi connectivity index (χ3v) is 7.71. The van der Waals surface area contributed by atoms with E-state index in [0.29, 0.717) is 14.3 Å². The lowest BCUT2D eigenvalue weighted by Gasteiger charge is -2.34. The minimum absolute atomic E-state index is 0.0285. The predicted octanol–water partition coefficient (Wildman–Crippen LogP) is 6.60. The van der Waals surface area contributed by atoms with Crippen molar-refractivity contribution in [3.63, 3.8) is 0 Å². The maximum atomic E-state index is 11.1. The molecule has 29 heavy (non-hydrogen) atoms. The third kappa shape index (κ3) is 5.83. The van der Waals surface area contributed by atoms with Crippen LogP contribution in [-0.4, -0.2) is 10.2 Å². The van der Waals surface area contributed by atoms with Crippen molar-refractivity contribution in [1.82, 2.24) is 0 Å². The molecular formula is C26H39O2P. The Bertz CT molecular complexity index is 835. The highest BCUT2D eigenvalue weighted by Gasteiger charge is 2.32. The Hall–Kier alpha value is -1.37. The molecule has 0 aromatic heterocycles. The van der Waals surface area contributed by atoms with Crippen LogP contribution in [-0.2, 0) is 17.2 Å². The predicted molar refractivity (Wildman–Crippen MR) is 128 cm³/mol. The number of aryl methyl sites for hydroxylation is 2. The van der Waals surface area contributed by atoms with Gasteiger partial charge in [-0.2, -0.15) is 0 Å². The van der Waals surface area contributed by atoms with Crippen LogP contribution in [0, 0.1) is 13.8 Å². The summed E-state index contributed by atoms with van der Waals surface area (Å²) >= 11 is 0. The number of hydrogen-bond donors (Lipinski definition) is 2. The topological polar surface area (TPSA) is 40.5 Å². The van der Waals surface area contributed by atoms with Gasteiger partial charge in [0, 0.05) is 10.7 Å². The monoisotopic (exact) mass is 414 g/mol. The number of unbranched alkanes of at least 4 members (excludes halogenated alkanes) is 2.